The first-order chi connectivity index (χ1) is 8.16. The van der Waals surface area contributed by atoms with Crippen molar-refractivity contribution in [3.05, 3.63) is 46.3 Å². The van der Waals surface area contributed by atoms with Crippen LogP contribution in [0.1, 0.15) is 27.6 Å². The second kappa shape index (κ2) is 4.88. The normalized spacial score (nSPS) is 9.94. The van der Waals surface area contributed by atoms with Gasteiger partial charge in [-0.1, -0.05) is 0 Å². The molecule has 0 aromatic carbocycles. The summed E-state index contributed by atoms with van der Waals surface area (Å²) >= 11 is 1.46. The number of hydrogen-bond acceptors (Lipinski definition) is 4. The Hall–Kier alpha value is -2.01. The number of hydrogen-bond donors (Lipinski definition) is 1. The van der Waals surface area contributed by atoms with Crippen molar-refractivity contribution in [1.82, 2.24) is 4.98 Å². The molecule has 2 rings (SSSR count). The minimum atomic E-state index is -0.200. The maximum Gasteiger partial charge on any atom is 0.257 e. The van der Waals surface area contributed by atoms with E-state index >= 15 is 0 Å². The summed E-state index contributed by atoms with van der Waals surface area (Å²) in [6.07, 6.45) is 1.45. The molecule has 0 aliphatic rings. The molecule has 1 N–H and O–H groups in total. The summed E-state index contributed by atoms with van der Waals surface area (Å²) in [5.41, 5.74) is 1.13. The Balaban J connectivity index is 2.09. The van der Waals surface area contributed by atoms with E-state index in [2.05, 4.69) is 10.3 Å². The van der Waals surface area contributed by atoms with Crippen molar-refractivity contribution in [3.8, 4) is 0 Å². The van der Waals surface area contributed by atoms with E-state index < -0.39 is 0 Å². The molecule has 0 aliphatic heterocycles. The van der Waals surface area contributed by atoms with Gasteiger partial charge in [0.25, 0.3) is 5.91 Å². The maximum atomic E-state index is 11.7. The molecule has 0 radical (unpaired) electrons. The third-order valence-corrected chi connectivity index (χ3v) is 2.88. The predicted molar refractivity (Wildman–Crippen MR) is 66.5 cm³/mol. The Morgan fingerprint density at radius 1 is 1.24 bits per heavy atom. The van der Waals surface area contributed by atoms with E-state index in [1.165, 1.54) is 24.5 Å². The summed E-state index contributed by atoms with van der Waals surface area (Å²) in [6.45, 7) is 1.47. The Morgan fingerprint density at radius 3 is 2.59 bits per heavy atom. The number of Topliss-reactive ketones (excluding diaryl/α,β-unsaturated/α-hetero) is 1. The fourth-order valence-electron chi connectivity index (χ4n) is 1.26. The van der Waals surface area contributed by atoms with Crippen LogP contribution in [0.15, 0.2) is 35.2 Å². The minimum Gasteiger partial charge on any atom is -0.307 e. The van der Waals surface area contributed by atoms with Gasteiger partial charge in [0.1, 0.15) is 5.82 Å². The molecule has 86 valence electrons. The zero-order chi connectivity index (χ0) is 12.3. The highest BCUT2D eigenvalue weighted by Crippen LogP contribution is 2.10. The van der Waals surface area contributed by atoms with Gasteiger partial charge in [0.05, 0.1) is 5.56 Å². The van der Waals surface area contributed by atoms with Crippen molar-refractivity contribution >= 4 is 28.8 Å². The predicted octanol–water partition coefficient (Wildman–Crippen LogP) is 2.60. The quantitative estimate of drug-likeness (QED) is 0.847. The highest BCUT2D eigenvalue weighted by atomic mass is 32.1. The van der Waals surface area contributed by atoms with Gasteiger partial charge in [0.15, 0.2) is 5.78 Å². The van der Waals surface area contributed by atoms with Gasteiger partial charge in [0.2, 0.25) is 0 Å². The van der Waals surface area contributed by atoms with Crippen LogP contribution in [0.4, 0.5) is 5.82 Å². The van der Waals surface area contributed by atoms with Crippen molar-refractivity contribution in [1.29, 1.82) is 0 Å². The molecule has 0 aliphatic carbocycles. The smallest absolute Gasteiger partial charge is 0.257 e. The van der Waals surface area contributed by atoms with Crippen molar-refractivity contribution in [2.75, 3.05) is 5.32 Å². The zero-order valence-corrected chi connectivity index (χ0v) is 9.95. The summed E-state index contributed by atoms with van der Waals surface area (Å²) in [7, 11) is 0. The number of pyridine rings is 1. The van der Waals surface area contributed by atoms with E-state index in [1.807, 2.05) is 5.38 Å². The Bertz CT molecular complexity index is 532. The molecule has 0 atom stereocenters. The second-order valence-corrected chi connectivity index (χ2v) is 4.23. The van der Waals surface area contributed by atoms with Crippen LogP contribution in [0.25, 0.3) is 0 Å². The topological polar surface area (TPSA) is 59.1 Å². The van der Waals surface area contributed by atoms with E-state index in [1.54, 1.807) is 23.6 Å². The second-order valence-electron chi connectivity index (χ2n) is 3.45. The van der Waals surface area contributed by atoms with Gasteiger partial charge in [-0.3, -0.25) is 9.59 Å². The SMILES string of the molecule is CC(=O)c1ccc(NC(=O)c2ccsc2)nc1. The number of aromatic nitrogens is 1. The fourth-order valence-corrected chi connectivity index (χ4v) is 1.89. The third-order valence-electron chi connectivity index (χ3n) is 2.19. The van der Waals surface area contributed by atoms with Gasteiger partial charge in [-0.2, -0.15) is 11.3 Å². The standard InChI is InChI=1S/C12H10N2O2S/c1-8(15)9-2-3-11(13-6-9)14-12(16)10-4-5-17-7-10/h2-7H,1H3,(H,13,14,16). The number of amides is 1. The van der Waals surface area contributed by atoms with Crippen LogP contribution in [0.3, 0.4) is 0 Å². The molecule has 0 spiro atoms. The molecule has 1 amide bonds. The number of rotatable bonds is 3. The lowest BCUT2D eigenvalue weighted by atomic mass is 10.2. The molecule has 0 saturated carbocycles. The molecule has 0 bridgehead atoms. The maximum absolute atomic E-state index is 11.7. The van der Waals surface area contributed by atoms with E-state index in [0.717, 1.165) is 0 Å². The number of ketones is 1. The van der Waals surface area contributed by atoms with E-state index in [-0.39, 0.29) is 11.7 Å². The number of carbonyl (C=O) groups excluding carboxylic acids is 2. The van der Waals surface area contributed by atoms with E-state index in [0.29, 0.717) is 16.9 Å². The lowest BCUT2D eigenvalue weighted by molar-refractivity contribution is 0.101. The van der Waals surface area contributed by atoms with Crippen molar-refractivity contribution in [3.63, 3.8) is 0 Å². The summed E-state index contributed by atoms with van der Waals surface area (Å²) in [5.74, 6) is 0.189. The third kappa shape index (κ3) is 2.76. The Labute approximate surface area is 102 Å². The fraction of sp³-hybridized carbons (Fsp3) is 0.0833. The Morgan fingerprint density at radius 2 is 2.06 bits per heavy atom. The summed E-state index contributed by atoms with van der Waals surface area (Å²) < 4.78 is 0. The van der Waals surface area contributed by atoms with Crippen LogP contribution in [0.5, 0.6) is 0 Å². The number of nitrogens with one attached hydrogen (secondary N) is 1. The van der Waals surface area contributed by atoms with Gasteiger partial charge in [-0.05, 0) is 30.5 Å². The first kappa shape index (κ1) is 11.5. The van der Waals surface area contributed by atoms with Gasteiger partial charge in [-0.25, -0.2) is 4.98 Å². The highest BCUT2D eigenvalue weighted by Gasteiger charge is 2.07. The molecule has 2 heterocycles. The van der Waals surface area contributed by atoms with Crippen LogP contribution >= 0.6 is 11.3 Å². The van der Waals surface area contributed by atoms with E-state index in [9.17, 15) is 9.59 Å². The van der Waals surface area contributed by atoms with Crippen LogP contribution in [0.2, 0.25) is 0 Å². The van der Waals surface area contributed by atoms with Crippen LogP contribution < -0.4 is 5.32 Å². The number of carbonyl (C=O) groups is 2. The molecule has 2 aromatic heterocycles. The largest absolute Gasteiger partial charge is 0.307 e. The van der Waals surface area contributed by atoms with Crippen molar-refractivity contribution in [2.45, 2.75) is 6.92 Å². The summed E-state index contributed by atoms with van der Waals surface area (Å²) in [6, 6.07) is 4.99. The molecular formula is C12H10N2O2S. The molecule has 2 aromatic rings. The van der Waals surface area contributed by atoms with Gasteiger partial charge in [-0.15, -0.1) is 0 Å². The monoisotopic (exact) mass is 246 g/mol. The highest BCUT2D eigenvalue weighted by molar-refractivity contribution is 7.08. The Kier molecular flexibility index (Phi) is 3.30. The average molecular weight is 246 g/mol. The van der Waals surface area contributed by atoms with E-state index in [4.69, 9.17) is 0 Å². The minimum absolute atomic E-state index is 0.0480. The molecular weight excluding hydrogens is 236 g/mol. The zero-order valence-electron chi connectivity index (χ0n) is 9.14. The van der Waals surface area contributed by atoms with Crippen LogP contribution in [0, 0.1) is 0 Å². The average Bonchev–Trinajstić information content (AvgIpc) is 2.83. The number of nitrogens with zero attached hydrogens (tertiary/aromatic N) is 1. The van der Waals surface area contributed by atoms with Crippen LogP contribution in [-0.2, 0) is 0 Å². The molecule has 0 saturated heterocycles. The van der Waals surface area contributed by atoms with Crippen molar-refractivity contribution < 1.29 is 9.59 Å². The lowest BCUT2D eigenvalue weighted by Crippen LogP contribution is -2.12. The van der Waals surface area contributed by atoms with Gasteiger partial charge in [0, 0.05) is 17.1 Å². The number of thiophene rings is 1. The lowest BCUT2D eigenvalue weighted by Gasteiger charge is -2.03. The summed E-state index contributed by atoms with van der Waals surface area (Å²) in [5, 5.41) is 6.25. The molecule has 17 heavy (non-hydrogen) atoms. The van der Waals surface area contributed by atoms with Crippen LogP contribution in [-0.4, -0.2) is 16.7 Å². The van der Waals surface area contributed by atoms with Gasteiger partial charge >= 0.3 is 0 Å². The number of anilines is 1. The molecule has 5 heteroatoms. The molecule has 0 unspecified atom stereocenters. The van der Waals surface area contributed by atoms with Gasteiger partial charge < -0.3 is 5.32 Å². The van der Waals surface area contributed by atoms with Crippen molar-refractivity contribution in [2.24, 2.45) is 0 Å². The molecule has 0 fully saturated rings. The first-order valence-electron chi connectivity index (χ1n) is 4.97. The summed E-state index contributed by atoms with van der Waals surface area (Å²) in [4.78, 5) is 26.7. The first-order valence-corrected chi connectivity index (χ1v) is 5.91. The molecule has 4 nitrogen and oxygen atoms in total.